The van der Waals surface area contributed by atoms with Crippen molar-refractivity contribution in [3.8, 4) is 0 Å². The van der Waals surface area contributed by atoms with Gasteiger partial charge in [-0.1, -0.05) is 29.8 Å². The Kier molecular flexibility index (Phi) is 2.79. The van der Waals surface area contributed by atoms with Gasteiger partial charge in [0.1, 0.15) is 0 Å². The smallest absolute Gasteiger partial charge is 0.0733 e. The summed E-state index contributed by atoms with van der Waals surface area (Å²) < 4.78 is 5.86. The van der Waals surface area contributed by atoms with Gasteiger partial charge in [0.05, 0.1) is 17.2 Å². The van der Waals surface area contributed by atoms with Crippen LogP contribution in [0.1, 0.15) is 25.0 Å². The minimum absolute atomic E-state index is 0.410. The van der Waals surface area contributed by atoms with Gasteiger partial charge in [0.15, 0.2) is 0 Å². The van der Waals surface area contributed by atoms with Crippen molar-refractivity contribution < 1.29 is 4.74 Å². The number of aromatic nitrogens is 1. The lowest BCUT2D eigenvalue weighted by Crippen LogP contribution is -2.37. The van der Waals surface area contributed by atoms with Crippen LogP contribution in [0.15, 0.2) is 24.3 Å². The van der Waals surface area contributed by atoms with Crippen LogP contribution >= 0.6 is 11.6 Å². The summed E-state index contributed by atoms with van der Waals surface area (Å²) in [5.74, 6) is 0. The van der Waals surface area contributed by atoms with Crippen molar-refractivity contribution in [2.75, 3.05) is 0 Å². The lowest BCUT2D eigenvalue weighted by molar-refractivity contribution is 0.0972. The van der Waals surface area contributed by atoms with Crippen molar-refractivity contribution in [2.45, 2.75) is 44.1 Å². The number of ether oxygens (including phenoxy) is 1. The number of rotatable bonds is 3. The van der Waals surface area contributed by atoms with Gasteiger partial charge in [-0.25, -0.2) is 0 Å². The molecule has 2 N–H and O–H groups in total. The maximum absolute atomic E-state index is 6.42. The highest BCUT2D eigenvalue weighted by Crippen LogP contribution is 2.35. The molecule has 2 aliphatic heterocycles. The van der Waals surface area contributed by atoms with Gasteiger partial charge >= 0.3 is 0 Å². The van der Waals surface area contributed by atoms with Gasteiger partial charge in [-0.3, -0.25) is 0 Å². The summed E-state index contributed by atoms with van der Waals surface area (Å²) in [6, 6.07) is 8.64. The van der Waals surface area contributed by atoms with Crippen LogP contribution in [0, 0.1) is 0 Å². The number of hydrogen-bond acceptors (Lipinski definition) is 2. The molecule has 2 fully saturated rings. The zero-order valence-corrected chi connectivity index (χ0v) is 11.4. The van der Waals surface area contributed by atoms with Crippen molar-refractivity contribution in [1.82, 2.24) is 10.3 Å². The number of aromatic amines is 1. The second kappa shape index (κ2) is 4.51. The molecule has 3 heterocycles. The summed E-state index contributed by atoms with van der Waals surface area (Å²) in [7, 11) is 0. The Bertz CT molecular complexity index is 609. The summed E-state index contributed by atoms with van der Waals surface area (Å²) in [4.78, 5) is 3.40. The van der Waals surface area contributed by atoms with Crippen molar-refractivity contribution in [3.63, 3.8) is 0 Å². The lowest BCUT2D eigenvalue weighted by Gasteiger charge is -2.19. The highest BCUT2D eigenvalue weighted by Gasteiger charge is 2.40. The Morgan fingerprint density at radius 2 is 2.21 bits per heavy atom. The van der Waals surface area contributed by atoms with E-state index >= 15 is 0 Å². The minimum Gasteiger partial charge on any atom is -0.373 e. The monoisotopic (exact) mass is 276 g/mol. The average Bonchev–Trinajstić information content (AvgIpc) is 3.12. The predicted octanol–water partition coefficient (Wildman–Crippen LogP) is 3.23. The van der Waals surface area contributed by atoms with Gasteiger partial charge in [-0.2, -0.15) is 0 Å². The van der Waals surface area contributed by atoms with E-state index in [1.165, 1.54) is 12.8 Å². The third-order valence-corrected chi connectivity index (χ3v) is 4.79. The van der Waals surface area contributed by atoms with Crippen LogP contribution in [0.2, 0.25) is 5.02 Å². The molecule has 1 aromatic carbocycles. The topological polar surface area (TPSA) is 37.0 Å². The van der Waals surface area contributed by atoms with E-state index < -0.39 is 0 Å². The highest BCUT2D eigenvalue weighted by molar-refractivity contribution is 6.36. The SMILES string of the molecule is Clc1c(CNC2CC3CCC2O3)[nH]c2ccccc12. The summed E-state index contributed by atoms with van der Waals surface area (Å²) in [5.41, 5.74) is 2.18. The van der Waals surface area contributed by atoms with Gasteiger partial charge in [-0.15, -0.1) is 0 Å². The van der Waals surface area contributed by atoms with Crippen molar-refractivity contribution in [2.24, 2.45) is 0 Å². The molecule has 0 aliphatic carbocycles. The van der Waals surface area contributed by atoms with E-state index in [9.17, 15) is 0 Å². The summed E-state index contributed by atoms with van der Waals surface area (Å²) in [5, 5.41) is 5.53. The maximum Gasteiger partial charge on any atom is 0.0733 e. The predicted molar refractivity (Wildman–Crippen MR) is 76.4 cm³/mol. The van der Waals surface area contributed by atoms with Crippen LogP contribution in [0.25, 0.3) is 10.9 Å². The molecule has 3 atom stereocenters. The van der Waals surface area contributed by atoms with Gasteiger partial charge < -0.3 is 15.0 Å². The summed E-state index contributed by atoms with van der Waals surface area (Å²) in [6.07, 6.45) is 4.47. The molecule has 0 spiro atoms. The van der Waals surface area contributed by atoms with Gasteiger partial charge in [0, 0.05) is 29.2 Å². The van der Waals surface area contributed by atoms with Gasteiger partial charge in [0.25, 0.3) is 0 Å². The molecule has 2 aliphatic rings. The van der Waals surface area contributed by atoms with E-state index in [2.05, 4.69) is 22.4 Å². The van der Waals surface area contributed by atoms with E-state index in [0.717, 1.165) is 34.6 Å². The van der Waals surface area contributed by atoms with Gasteiger partial charge in [-0.05, 0) is 25.3 Å². The van der Waals surface area contributed by atoms with E-state index in [0.29, 0.717) is 18.2 Å². The lowest BCUT2D eigenvalue weighted by atomic mass is 9.95. The number of halogens is 1. The number of fused-ring (bicyclic) bond motifs is 3. The van der Waals surface area contributed by atoms with Crippen LogP contribution in [-0.2, 0) is 11.3 Å². The third kappa shape index (κ3) is 1.97. The summed E-state index contributed by atoms with van der Waals surface area (Å²) in [6.45, 7) is 0.783. The van der Waals surface area contributed by atoms with Crippen molar-refractivity contribution in [3.05, 3.63) is 35.0 Å². The summed E-state index contributed by atoms with van der Waals surface area (Å²) >= 11 is 6.42. The normalized spacial score (nSPS) is 29.4. The molecule has 0 radical (unpaired) electrons. The number of hydrogen-bond donors (Lipinski definition) is 2. The van der Waals surface area contributed by atoms with E-state index in [1.54, 1.807) is 0 Å². The molecule has 100 valence electrons. The number of para-hydroxylation sites is 1. The third-order valence-electron chi connectivity index (χ3n) is 4.36. The molecule has 4 heteroatoms. The molecule has 0 amide bonds. The fourth-order valence-electron chi connectivity index (χ4n) is 3.37. The standard InChI is InChI=1S/C15H17ClN2O/c16-15-10-3-1-2-4-11(10)18-13(15)8-17-12-7-9-5-6-14(12)19-9/h1-4,9,12,14,17-18H,5-8H2. The minimum atomic E-state index is 0.410. The molecule has 2 bridgehead atoms. The highest BCUT2D eigenvalue weighted by atomic mass is 35.5. The Morgan fingerprint density at radius 3 is 2.95 bits per heavy atom. The Labute approximate surface area is 117 Å². The second-order valence-electron chi connectivity index (χ2n) is 5.56. The zero-order valence-electron chi connectivity index (χ0n) is 10.7. The van der Waals surface area contributed by atoms with E-state index in [4.69, 9.17) is 16.3 Å². The zero-order chi connectivity index (χ0) is 12.8. The van der Waals surface area contributed by atoms with Crippen LogP contribution in [0.4, 0.5) is 0 Å². The van der Waals surface area contributed by atoms with E-state index in [1.807, 2.05) is 12.1 Å². The van der Waals surface area contributed by atoms with Crippen LogP contribution in [0.5, 0.6) is 0 Å². The molecule has 0 saturated carbocycles. The first kappa shape index (κ1) is 11.8. The number of H-pyrrole nitrogens is 1. The molecule has 1 aromatic heterocycles. The number of benzene rings is 1. The molecule has 3 unspecified atom stereocenters. The Balaban J connectivity index is 1.51. The molecule has 3 nitrogen and oxygen atoms in total. The largest absolute Gasteiger partial charge is 0.373 e. The van der Waals surface area contributed by atoms with Crippen LogP contribution in [0.3, 0.4) is 0 Å². The van der Waals surface area contributed by atoms with E-state index in [-0.39, 0.29) is 0 Å². The fourth-order valence-corrected chi connectivity index (χ4v) is 3.65. The van der Waals surface area contributed by atoms with Crippen molar-refractivity contribution >= 4 is 22.5 Å². The fraction of sp³-hybridized carbons (Fsp3) is 0.467. The van der Waals surface area contributed by atoms with Crippen LogP contribution in [-0.4, -0.2) is 23.2 Å². The van der Waals surface area contributed by atoms with Gasteiger partial charge in [0.2, 0.25) is 0 Å². The average molecular weight is 277 g/mol. The molecular formula is C15H17ClN2O. The first-order valence-corrected chi connectivity index (χ1v) is 7.33. The molecule has 19 heavy (non-hydrogen) atoms. The maximum atomic E-state index is 6.42. The van der Waals surface area contributed by atoms with Crippen LogP contribution < -0.4 is 5.32 Å². The molecule has 2 saturated heterocycles. The first-order chi connectivity index (χ1) is 9.31. The Morgan fingerprint density at radius 1 is 1.32 bits per heavy atom. The second-order valence-corrected chi connectivity index (χ2v) is 5.94. The molecular weight excluding hydrogens is 260 g/mol. The molecule has 2 aromatic rings. The van der Waals surface area contributed by atoms with Crippen molar-refractivity contribution in [1.29, 1.82) is 0 Å². The quantitative estimate of drug-likeness (QED) is 0.903. The first-order valence-electron chi connectivity index (χ1n) is 6.95. The number of nitrogens with one attached hydrogen (secondary N) is 2. The molecule has 4 rings (SSSR count). The Hall–Kier alpha value is -1.03.